The standard InChI is InChI=1S/C19H25NO/c1-14-9-8-12-17(15(14)2)21-18-11-7-6-10-16(18)13-20-19(3,4)5/h6-12,20H,13H2,1-5H3. The van der Waals surface area contributed by atoms with Crippen LogP contribution in [0, 0.1) is 13.8 Å². The van der Waals surface area contributed by atoms with Crippen LogP contribution in [0.4, 0.5) is 0 Å². The van der Waals surface area contributed by atoms with Gasteiger partial charge in [-0.05, 0) is 57.9 Å². The highest BCUT2D eigenvalue weighted by atomic mass is 16.5. The van der Waals surface area contributed by atoms with E-state index in [2.05, 4.69) is 58.1 Å². The summed E-state index contributed by atoms with van der Waals surface area (Å²) in [6.07, 6.45) is 0. The molecule has 0 fully saturated rings. The fourth-order valence-corrected chi connectivity index (χ4v) is 2.06. The molecule has 1 N–H and O–H groups in total. The summed E-state index contributed by atoms with van der Waals surface area (Å²) >= 11 is 0. The summed E-state index contributed by atoms with van der Waals surface area (Å²) < 4.78 is 6.15. The van der Waals surface area contributed by atoms with E-state index in [1.807, 2.05) is 24.3 Å². The number of aryl methyl sites for hydroxylation is 1. The minimum Gasteiger partial charge on any atom is -0.457 e. The molecule has 0 atom stereocenters. The van der Waals surface area contributed by atoms with Gasteiger partial charge < -0.3 is 10.1 Å². The van der Waals surface area contributed by atoms with Gasteiger partial charge in [0, 0.05) is 17.6 Å². The highest BCUT2D eigenvalue weighted by Gasteiger charge is 2.12. The molecule has 112 valence electrons. The van der Waals surface area contributed by atoms with E-state index < -0.39 is 0 Å². The van der Waals surface area contributed by atoms with Gasteiger partial charge in [0.25, 0.3) is 0 Å². The van der Waals surface area contributed by atoms with Gasteiger partial charge in [0.05, 0.1) is 0 Å². The predicted octanol–water partition coefficient (Wildman–Crippen LogP) is 4.98. The SMILES string of the molecule is Cc1cccc(Oc2ccccc2CNC(C)(C)C)c1C. The molecule has 0 heterocycles. The lowest BCUT2D eigenvalue weighted by Gasteiger charge is -2.22. The molecule has 2 aromatic rings. The molecular formula is C19H25NO. The third-order valence-corrected chi connectivity index (χ3v) is 3.56. The van der Waals surface area contributed by atoms with E-state index >= 15 is 0 Å². The summed E-state index contributed by atoms with van der Waals surface area (Å²) in [5, 5.41) is 3.51. The second-order valence-electron chi connectivity index (χ2n) is 6.51. The average Bonchev–Trinajstić information content (AvgIpc) is 2.42. The van der Waals surface area contributed by atoms with E-state index in [1.54, 1.807) is 0 Å². The van der Waals surface area contributed by atoms with Gasteiger partial charge in [0.1, 0.15) is 11.5 Å². The first-order valence-corrected chi connectivity index (χ1v) is 7.44. The van der Waals surface area contributed by atoms with Crippen molar-refractivity contribution in [1.29, 1.82) is 0 Å². The summed E-state index contributed by atoms with van der Waals surface area (Å²) in [6, 6.07) is 14.4. The lowest BCUT2D eigenvalue weighted by molar-refractivity contribution is 0.414. The van der Waals surface area contributed by atoms with Crippen LogP contribution in [0.15, 0.2) is 42.5 Å². The van der Waals surface area contributed by atoms with Crippen LogP contribution in [-0.2, 0) is 6.54 Å². The first-order chi connectivity index (χ1) is 9.87. The Labute approximate surface area is 128 Å². The molecule has 0 aliphatic heterocycles. The molecular weight excluding hydrogens is 258 g/mol. The van der Waals surface area contributed by atoms with Gasteiger partial charge in [-0.2, -0.15) is 0 Å². The molecule has 21 heavy (non-hydrogen) atoms. The van der Waals surface area contributed by atoms with Gasteiger partial charge in [-0.1, -0.05) is 30.3 Å². The van der Waals surface area contributed by atoms with Crippen molar-refractivity contribution in [3.8, 4) is 11.5 Å². The highest BCUT2D eigenvalue weighted by molar-refractivity contribution is 5.43. The van der Waals surface area contributed by atoms with Crippen molar-refractivity contribution in [2.75, 3.05) is 0 Å². The number of rotatable bonds is 4. The minimum absolute atomic E-state index is 0.0896. The molecule has 0 amide bonds. The van der Waals surface area contributed by atoms with E-state index in [0.29, 0.717) is 0 Å². The van der Waals surface area contributed by atoms with Crippen LogP contribution in [0.5, 0.6) is 11.5 Å². The smallest absolute Gasteiger partial charge is 0.131 e. The molecule has 2 nitrogen and oxygen atoms in total. The second-order valence-corrected chi connectivity index (χ2v) is 6.51. The van der Waals surface area contributed by atoms with E-state index in [-0.39, 0.29) is 5.54 Å². The zero-order valence-electron chi connectivity index (χ0n) is 13.7. The molecule has 2 aromatic carbocycles. The molecule has 0 radical (unpaired) electrons. The third-order valence-electron chi connectivity index (χ3n) is 3.56. The number of para-hydroxylation sites is 1. The zero-order valence-corrected chi connectivity index (χ0v) is 13.7. The van der Waals surface area contributed by atoms with Gasteiger partial charge in [-0.15, -0.1) is 0 Å². The van der Waals surface area contributed by atoms with Gasteiger partial charge in [-0.25, -0.2) is 0 Å². The lowest BCUT2D eigenvalue weighted by Crippen LogP contribution is -2.35. The van der Waals surface area contributed by atoms with E-state index in [9.17, 15) is 0 Å². The fraction of sp³-hybridized carbons (Fsp3) is 0.368. The maximum atomic E-state index is 6.15. The molecule has 0 spiro atoms. The summed E-state index contributed by atoms with van der Waals surface area (Å²) in [5.41, 5.74) is 3.70. The van der Waals surface area contributed by atoms with Gasteiger partial charge in [0.2, 0.25) is 0 Å². The van der Waals surface area contributed by atoms with Crippen molar-refractivity contribution in [2.24, 2.45) is 0 Å². The summed E-state index contributed by atoms with van der Waals surface area (Å²) in [5.74, 6) is 1.85. The Kier molecular flexibility index (Phi) is 4.69. The Morgan fingerprint density at radius 1 is 0.905 bits per heavy atom. The topological polar surface area (TPSA) is 21.3 Å². The first-order valence-electron chi connectivity index (χ1n) is 7.44. The van der Waals surface area contributed by atoms with Crippen molar-refractivity contribution in [1.82, 2.24) is 5.32 Å². The number of benzene rings is 2. The normalized spacial score (nSPS) is 11.5. The molecule has 0 aliphatic carbocycles. The summed E-state index contributed by atoms with van der Waals surface area (Å²) in [6.45, 7) is 11.5. The number of hydrogen-bond donors (Lipinski definition) is 1. The van der Waals surface area contributed by atoms with Crippen molar-refractivity contribution in [3.05, 3.63) is 59.2 Å². The van der Waals surface area contributed by atoms with Crippen LogP contribution in [-0.4, -0.2) is 5.54 Å². The molecule has 0 aliphatic rings. The van der Waals surface area contributed by atoms with Crippen LogP contribution in [0.1, 0.15) is 37.5 Å². The second kappa shape index (κ2) is 6.31. The maximum absolute atomic E-state index is 6.15. The van der Waals surface area contributed by atoms with Gasteiger partial charge in [0.15, 0.2) is 0 Å². The predicted molar refractivity (Wildman–Crippen MR) is 89.0 cm³/mol. The van der Waals surface area contributed by atoms with Crippen LogP contribution < -0.4 is 10.1 Å². The molecule has 2 heteroatoms. The van der Waals surface area contributed by atoms with E-state index in [1.165, 1.54) is 16.7 Å². The number of ether oxygens (including phenoxy) is 1. The average molecular weight is 283 g/mol. The summed E-state index contributed by atoms with van der Waals surface area (Å²) in [4.78, 5) is 0. The highest BCUT2D eigenvalue weighted by Crippen LogP contribution is 2.29. The minimum atomic E-state index is 0.0896. The van der Waals surface area contributed by atoms with Crippen molar-refractivity contribution < 1.29 is 4.74 Å². The molecule has 0 saturated heterocycles. The largest absolute Gasteiger partial charge is 0.457 e. The Morgan fingerprint density at radius 3 is 2.29 bits per heavy atom. The van der Waals surface area contributed by atoms with Crippen LogP contribution in [0.3, 0.4) is 0 Å². The fourth-order valence-electron chi connectivity index (χ4n) is 2.06. The van der Waals surface area contributed by atoms with E-state index in [0.717, 1.165) is 18.0 Å². The molecule has 0 unspecified atom stereocenters. The molecule has 0 aromatic heterocycles. The lowest BCUT2D eigenvalue weighted by atomic mass is 10.1. The first kappa shape index (κ1) is 15.6. The van der Waals surface area contributed by atoms with Crippen LogP contribution in [0.2, 0.25) is 0 Å². The Morgan fingerprint density at radius 2 is 1.57 bits per heavy atom. The maximum Gasteiger partial charge on any atom is 0.131 e. The number of hydrogen-bond acceptors (Lipinski definition) is 2. The van der Waals surface area contributed by atoms with Crippen LogP contribution >= 0.6 is 0 Å². The molecule has 0 bridgehead atoms. The van der Waals surface area contributed by atoms with E-state index in [4.69, 9.17) is 4.74 Å². The van der Waals surface area contributed by atoms with Crippen LogP contribution in [0.25, 0.3) is 0 Å². The van der Waals surface area contributed by atoms with Crippen molar-refractivity contribution in [3.63, 3.8) is 0 Å². The Bertz CT molecular complexity index is 611. The Balaban J connectivity index is 2.22. The third kappa shape index (κ3) is 4.33. The van der Waals surface area contributed by atoms with Crippen molar-refractivity contribution >= 4 is 0 Å². The quantitative estimate of drug-likeness (QED) is 0.854. The van der Waals surface area contributed by atoms with Gasteiger partial charge in [-0.3, -0.25) is 0 Å². The number of nitrogens with one attached hydrogen (secondary N) is 1. The summed E-state index contributed by atoms with van der Waals surface area (Å²) in [7, 11) is 0. The van der Waals surface area contributed by atoms with Crippen molar-refractivity contribution in [2.45, 2.75) is 46.7 Å². The monoisotopic (exact) mass is 283 g/mol. The Hall–Kier alpha value is -1.80. The molecule has 0 saturated carbocycles. The van der Waals surface area contributed by atoms with Gasteiger partial charge >= 0.3 is 0 Å². The molecule has 2 rings (SSSR count). The zero-order chi connectivity index (χ0) is 15.5.